The van der Waals surface area contributed by atoms with Crippen LogP contribution in [0.5, 0.6) is 0 Å². The monoisotopic (exact) mass is 180 g/mol. The van der Waals surface area contributed by atoms with Crippen molar-refractivity contribution in [1.82, 2.24) is 4.90 Å². The van der Waals surface area contributed by atoms with Gasteiger partial charge in [-0.25, -0.2) is 0 Å². The summed E-state index contributed by atoms with van der Waals surface area (Å²) in [6.45, 7) is 5.77. The third kappa shape index (κ3) is 1.82. The zero-order chi connectivity index (χ0) is 10.0. The number of carbonyl (C=O) groups excluding carboxylic acids is 1. The van der Waals surface area contributed by atoms with E-state index in [-0.39, 0.29) is 23.9 Å². The van der Waals surface area contributed by atoms with Gasteiger partial charge < -0.3 is 4.90 Å². The molecule has 0 aliphatic carbocycles. The normalized spacial score (nSPS) is 27.8. The van der Waals surface area contributed by atoms with Gasteiger partial charge >= 0.3 is 0 Å². The predicted molar refractivity (Wildman–Crippen MR) is 49.8 cm³/mol. The second kappa shape index (κ2) is 3.78. The van der Waals surface area contributed by atoms with Gasteiger partial charge in [0.15, 0.2) is 0 Å². The number of nitrogens with zero attached hydrogens (tertiary/aromatic N) is 2. The van der Waals surface area contributed by atoms with E-state index in [1.807, 2.05) is 20.8 Å². The molecule has 1 aliphatic heterocycles. The maximum Gasteiger partial charge on any atom is 0.226 e. The van der Waals surface area contributed by atoms with Gasteiger partial charge in [-0.1, -0.05) is 13.8 Å². The highest BCUT2D eigenvalue weighted by atomic mass is 16.2. The summed E-state index contributed by atoms with van der Waals surface area (Å²) in [4.78, 5) is 13.4. The van der Waals surface area contributed by atoms with Crippen molar-refractivity contribution in [2.45, 2.75) is 45.7 Å². The van der Waals surface area contributed by atoms with Crippen LogP contribution < -0.4 is 0 Å². The molecule has 72 valence electrons. The largest absolute Gasteiger partial charge is 0.324 e. The second-order valence-corrected chi connectivity index (χ2v) is 3.97. The van der Waals surface area contributed by atoms with E-state index in [4.69, 9.17) is 5.26 Å². The second-order valence-electron chi connectivity index (χ2n) is 3.97. The number of amides is 1. The molecule has 0 saturated carbocycles. The first-order chi connectivity index (χ1) is 6.07. The van der Waals surface area contributed by atoms with Crippen molar-refractivity contribution in [3.05, 3.63) is 0 Å². The van der Waals surface area contributed by atoms with Gasteiger partial charge in [0, 0.05) is 12.0 Å². The van der Waals surface area contributed by atoms with E-state index in [0.29, 0.717) is 0 Å². The molecule has 0 radical (unpaired) electrons. The van der Waals surface area contributed by atoms with Crippen LogP contribution in [0.4, 0.5) is 0 Å². The summed E-state index contributed by atoms with van der Waals surface area (Å²) in [5, 5.41) is 8.84. The smallest absolute Gasteiger partial charge is 0.226 e. The van der Waals surface area contributed by atoms with E-state index < -0.39 is 0 Å². The average molecular weight is 180 g/mol. The molecule has 1 aliphatic rings. The SMILES string of the molecule is CC(C)C(=O)N1[C@H](C#N)CC[C@@H]1C. The Hall–Kier alpha value is -1.04. The molecule has 0 bridgehead atoms. The molecule has 1 amide bonds. The average Bonchev–Trinajstić information content (AvgIpc) is 2.45. The lowest BCUT2D eigenvalue weighted by atomic mass is 10.1. The Labute approximate surface area is 79.3 Å². The Morgan fingerprint density at radius 1 is 1.54 bits per heavy atom. The first-order valence-corrected chi connectivity index (χ1v) is 4.79. The van der Waals surface area contributed by atoms with Crippen LogP contribution in [0.1, 0.15) is 33.6 Å². The fraction of sp³-hybridized carbons (Fsp3) is 0.800. The van der Waals surface area contributed by atoms with Crippen molar-refractivity contribution in [2.75, 3.05) is 0 Å². The van der Waals surface area contributed by atoms with E-state index in [0.717, 1.165) is 12.8 Å². The minimum Gasteiger partial charge on any atom is -0.324 e. The van der Waals surface area contributed by atoms with E-state index in [1.165, 1.54) is 0 Å². The van der Waals surface area contributed by atoms with Gasteiger partial charge in [0.05, 0.1) is 6.07 Å². The van der Waals surface area contributed by atoms with Crippen LogP contribution in [0, 0.1) is 17.2 Å². The van der Waals surface area contributed by atoms with Crippen LogP contribution in [0.25, 0.3) is 0 Å². The van der Waals surface area contributed by atoms with Gasteiger partial charge in [0.2, 0.25) is 5.91 Å². The summed E-state index contributed by atoms with van der Waals surface area (Å²) in [7, 11) is 0. The number of rotatable bonds is 1. The van der Waals surface area contributed by atoms with E-state index in [1.54, 1.807) is 4.90 Å². The lowest BCUT2D eigenvalue weighted by Gasteiger charge is -2.26. The summed E-state index contributed by atoms with van der Waals surface area (Å²) < 4.78 is 0. The highest BCUT2D eigenvalue weighted by Gasteiger charge is 2.34. The number of carbonyl (C=O) groups is 1. The predicted octanol–water partition coefficient (Wildman–Crippen LogP) is 1.55. The third-order valence-electron chi connectivity index (χ3n) is 2.57. The fourth-order valence-electron chi connectivity index (χ4n) is 1.78. The summed E-state index contributed by atoms with van der Waals surface area (Å²) in [5.41, 5.74) is 0. The zero-order valence-corrected chi connectivity index (χ0v) is 8.45. The molecular formula is C10H16N2O. The summed E-state index contributed by atoms with van der Waals surface area (Å²) in [5.74, 6) is 0.105. The van der Waals surface area contributed by atoms with Gasteiger partial charge in [-0.15, -0.1) is 0 Å². The van der Waals surface area contributed by atoms with Crippen molar-refractivity contribution in [2.24, 2.45) is 5.92 Å². The van der Waals surface area contributed by atoms with Gasteiger partial charge in [-0.05, 0) is 19.8 Å². The minimum atomic E-state index is -0.190. The van der Waals surface area contributed by atoms with Crippen molar-refractivity contribution in [3.63, 3.8) is 0 Å². The maximum atomic E-state index is 11.7. The van der Waals surface area contributed by atoms with E-state index in [2.05, 4.69) is 6.07 Å². The molecule has 1 saturated heterocycles. The molecule has 0 aromatic rings. The van der Waals surface area contributed by atoms with Crippen molar-refractivity contribution in [1.29, 1.82) is 5.26 Å². The van der Waals surface area contributed by atoms with Gasteiger partial charge in [0.25, 0.3) is 0 Å². The summed E-state index contributed by atoms with van der Waals surface area (Å²) in [6, 6.07) is 2.23. The van der Waals surface area contributed by atoms with Gasteiger partial charge in [0.1, 0.15) is 6.04 Å². The molecule has 1 fully saturated rings. The van der Waals surface area contributed by atoms with Crippen molar-refractivity contribution in [3.8, 4) is 6.07 Å². The van der Waals surface area contributed by atoms with Crippen LogP contribution in [0.15, 0.2) is 0 Å². The zero-order valence-electron chi connectivity index (χ0n) is 8.45. The highest BCUT2D eigenvalue weighted by molar-refractivity contribution is 5.79. The Morgan fingerprint density at radius 3 is 2.62 bits per heavy atom. The van der Waals surface area contributed by atoms with Crippen LogP contribution in [0.2, 0.25) is 0 Å². The standard InChI is InChI=1S/C10H16N2O/c1-7(2)10(13)12-8(3)4-5-9(12)6-11/h7-9H,4-5H2,1-3H3/t8-,9-/m0/s1. The first-order valence-electron chi connectivity index (χ1n) is 4.79. The van der Waals surface area contributed by atoms with Crippen LogP contribution >= 0.6 is 0 Å². The molecule has 3 heteroatoms. The lowest BCUT2D eigenvalue weighted by Crippen LogP contribution is -2.41. The molecule has 13 heavy (non-hydrogen) atoms. The van der Waals surface area contributed by atoms with E-state index in [9.17, 15) is 4.79 Å². The molecule has 0 aromatic heterocycles. The first kappa shape index (κ1) is 10.0. The third-order valence-corrected chi connectivity index (χ3v) is 2.57. The van der Waals surface area contributed by atoms with E-state index >= 15 is 0 Å². The fourth-order valence-corrected chi connectivity index (χ4v) is 1.78. The molecule has 1 heterocycles. The van der Waals surface area contributed by atoms with Crippen LogP contribution in [-0.2, 0) is 4.79 Å². The van der Waals surface area contributed by atoms with Crippen LogP contribution in [-0.4, -0.2) is 22.9 Å². The Morgan fingerprint density at radius 2 is 2.15 bits per heavy atom. The summed E-state index contributed by atoms with van der Waals surface area (Å²) >= 11 is 0. The molecule has 1 rings (SSSR count). The molecule has 0 unspecified atom stereocenters. The maximum absolute atomic E-state index is 11.7. The topological polar surface area (TPSA) is 44.1 Å². The molecule has 0 N–H and O–H groups in total. The molecule has 0 spiro atoms. The molecule has 0 aromatic carbocycles. The van der Waals surface area contributed by atoms with Gasteiger partial charge in [-0.2, -0.15) is 5.26 Å². The van der Waals surface area contributed by atoms with Crippen molar-refractivity contribution < 1.29 is 4.79 Å². The summed E-state index contributed by atoms with van der Waals surface area (Å²) in [6.07, 6.45) is 1.78. The van der Waals surface area contributed by atoms with Crippen LogP contribution in [0.3, 0.4) is 0 Å². The number of nitriles is 1. The Bertz CT molecular complexity index is 242. The minimum absolute atomic E-state index is 0.00333. The molecule has 3 nitrogen and oxygen atoms in total. The highest BCUT2D eigenvalue weighted by Crippen LogP contribution is 2.25. The molecule has 2 atom stereocenters. The quantitative estimate of drug-likeness (QED) is 0.614. The van der Waals surface area contributed by atoms with Gasteiger partial charge in [-0.3, -0.25) is 4.79 Å². The number of hydrogen-bond acceptors (Lipinski definition) is 2. The molecular weight excluding hydrogens is 164 g/mol. The lowest BCUT2D eigenvalue weighted by molar-refractivity contribution is -0.136. The number of likely N-dealkylation sites (tertiary alicyclic amines) is 1. The Kier molecular flexibility index (Phi) is 2.92. The van der Waals surface area contributed by atoms with Crippen molar-refractivity contribution >= 4 is 5.91 Å². The number of hydrogen-bond donors (Lipinski definition) is 0. The Balaban J connectivity index is 2.76.